The molecule has 486 valence electrons. The minimum absolute atomic E-state index is 0.889. The highest BCUT2D eigenvalue weighted by Gasteiger charge is 2.31. The lowest BCUT2D eigenvalue weighted by Crippen LogP contribution is -1.96. The molecule has 2 aliphatic rings. The van der Waals surface area contributed by atoms with Gasteiger partial charge in [-0.05, 0) is 232 Å². The minimum Gasteiger partial charge on any atom is -0.455 e. The summed E-state index contributed by atoms with van der Waals surface area (Å²) in [5.41, 5.74) is 29.6. The van der Waals surface area contributed by atoms with E-state index in [1.807, 2.05) is 0 Å². The lowest BCUT2D eigenvalue weighted by Gasteiger charge is -2.14. The lowest BCUT2D eigenvalue weighted by molar-refractivity contribution is 0.672. The highest BCUT2D eigenvalue weighted by atomic mass is 16.3. The maximum absolute atomic E-state index is 7.00. The summed E-state index contributed by atoms with van der Waals surface area (Å²) < 4.78 is 23.9. The van der Waals surface area contributed by atoms with Crippen molar-refractivity contribution in [3.8, 4) is 78.4 Å². The molecule has 18 aromatic carbocycles. The van der Waals surface area contributed by atoms with Gasteiger partial charge in [0, 0.05) is 76.6 Å². The minimum atomic E-state index is 0.889. The van der Waals surface area contributed by atoms with Crippen molar-refractivity contribution in [3.63, 3.8) is 0 Å². The second kappa shape index (κ2) is 19.9. The molecule has 0 radical (unpaired) electrons. The Balaban J connectivity index is 0.646. The zero-order chi connectivity index (χ0) is 68.5. The quantitative estimate of drug-likeness (QED) is 0.172. The second-order valence-corrected chi connectivity index (χ2v) is 29.3. The van der Waals surface area contributed by atoms with E-state index in [0.29, 0.717) is 0 Å². The van der Waals surface area contributed by atoms with E-state index < -0.39 is 0 Å². The van der Waals surface area contributed by atoms with E-state index in [-0.39, 0.29) is 0 Å². The molecule has 0 aliphatic heterocycles. The molecule has 0 saturated heterocycles. The molecule has 0 N–H and O–H groups in total. The van der Waals surface area contributed by atoms with Gasteiger partial charge in [0.15, 0.2) is 0 Å². The molecule has 26 rings (SSSR count). The summed E-state index contributed by atoms with van der Waals surface area (Å²) in [5, 5.41) is 23.8. The highest BCUT2D eigenvalue weighted by Crippen LogP contribution is 2.56. The van der Waals surface area contributed by atoms with Gasteiger partial charge in [0.25, 0.3) is 0 Å². The first-order valence-electron chi connectivity index (χ1n) is 36.6. The highest BCUT2D eigenvalue weighted by molar-refractivity contribution is 6.34. The van der Waals surface area contributed by atoms with Crippen LogP contribution in [0.4, 0.5) is 0 Å². The Morgan fingerprint density at radius 3 is 1.17 bits per heavy atom. The van der Waals surface area contributed by atoms with Gasteiger partial charge in [-0.15, -0.1) is 0 Å². The smallest absolute Gasteiger partial charge is 0.145 e. The van der Waals surface area contributed by atoms with Gasteiger partial charge in [-0.3, -0.25) is 0 Å². The Morgan fingerprint density at radius 1 is 0.179 bits per heavy atom. The maximum atomic E-state index is 7.00. The molecule has 0 unspecified atom stereocenters. The van der Waals surface area contributed by atoms with Crippen LogP contribution in [0.25, 0.3) is 253 Å². The van der Waals surface area contributed by atoms with E-state index in [2.05, 4.69) is 346 Å². The molecule has 0 saturated carbocycles. The molecule has 0 bridgehead atoms. The van der Waals surface area contributed by atoms with E-state index >= 15 is 0 Å². The van der Waals surface area contributed by atoms with E-state index in [0.717, 1.165) is 132 Å². The number of benzene rings is 18. The molecule has 24 aromatic rings. The Hall–Kier alpha value is -14.2. The molecule has 6 heterocycles. The predicted octanol–water partition coefficient (Wildman–Crippen LogP) is 27.4. The molecule has 106 heavy (non-hydrogen) atoms. The van der Waals surface area contributed by atoms with Crippen LogP contribution in [0.2, 0.25) is 0 Å². The van der Waals surface area contributed by atoms with Gasteiger partial charge in [-0.2, -0.15) is 0 Å². The zero-order valence-electron chi connectivity index (χ0n) is 56.8. The van der Waals surface area contributed by atoms with Crippen LogP contribution in [-0.4, -0.2) is 18.3 Å². The largest absolute Gasteiger partial charge is 0.455 e. The maximum Gasteiger partial charge on any atom is 0.145 e. The molecule has 6 heteroatoms. The monoisotopic (exact) mass is 1340 g/mol. The average Bonchev–Trinajstić information content (AvgIpc) is 1.29. The fourth-order valence-corrected chi connectivity index (χ4v) is 19.8. The summed E-state index contributed by atoms with van der Waals surface area (Å²) in [6, 6.07) is 122. The van der Waals surface area contributed by atoms with Gasteiger partial charge >= 0.3 is 0 Å². The Labute approximate surface area is 603 Å². The Bertz CT molecular complexity index is 8220. The van der Waals surface area contributed by atoms with Crippen LogP contribution >= 0.6 is 0 Å². The first kappa shape index (κ1) is 55.5. The summed E-state index contributed by atoms with van der Waals surface area (Å²) >= 11 is 0. The van der Waals surface area contributed by atoms with E-state index in [9.17, 15) is 0 Å². The summed E-state index contributed by atoms with van der Waals surface area (Å²) in [4.78, 5) is 0. The van der Waals surface area contributed by atoms with Crippen LogP contribution in [-0.2, 0) is 0 Å². The first-order valence-corrected chi connectivity index (χ1v) is 36.6. The molecule has 2 aliphatic carbocycles. The zero-order valence-corrected chi connectivity index (χ0v) is 56.8. The van der Waals surface area contributed by atoms with Crippen LogP contribution in [0.1, 0.15) is 0 Å². The van der Waals surface area contributed by atoms with Crippen molar-refractivity contribution in [1.82, 2.24) is 18.3 Å². The second-order valence-electron chi connectivity index (χ2n) is 29.3. The van der Waals surface area contributed by atoms with E-state index in [1.165, 1.54) is 120 Å². The molecule has 0 amide bonds. The van der Waals surface area contributed by atoms with Crippen LogP contribution < -0.4 is 0 Å². The van der Waals surface area contributed by atoms with Crippen molar-refractivity contribution in [3.05, 3.63) is 328 Å². The number of hydrogen-bond acceptors (Lipinski definition) is 2. The van der Waals surface area contributed by atoms with Crippen molar-refractivity contribution in [2.45, 2.75) is 0 Å². The van der Waals surface area contributed by atoms with Crippen LogP contribution in [0.3, 0.4) is 0 Å². The molecular weight excluding hydrogens is 1290 g/mol. The summed E-state index contributed by atoms with van der Waals surface area (Å²) in [7, 11) is 0. The standard InChI is InChI=1S/C100H54N4O2/c1-3-17-57-50-61(33-31-55(57)15-1)101-83-27-9-5-22-76(83)93-85(101)47-43-79-96-88(46-42-75-69-21-8-12-30-90(69)106-100(75)96)104(98(79)93)64-36-38-66-71-24-13-19-59-49-60(52-82(91(59)71)81(66)54-64)65-39-40-73-67-37-35-63(53-80(67)72-26-14-25-70(65)92(72)73)102-84-28-10-6-23-77(84)94-86(102)48-44-78-95-87(45-41-74-68-20-7-11-29-89(68)105-99(74)95)103(97(78)94)62-34-32-56-16-2-4-18-58(56)51-62/h1-54H. The molecule has 6 nitrogen and oxygen atoms in total. The van der Waals surface area contributed by atoms with Crippen molar-refractivity contribution in [1.29, 1.82) is 0 Å². The van der Waals surface area contributed by atoms with Crippen molar-refractivity contribution in [2.24, 2.45) is 0 Å². The van der Waals surface area contributed by atoms with Gasteiger partial charge < -0.3 is 27.1 Å². The van der Waals surface area contributed by atoms with Gasteiger partial charge in [-0.25, -0.2) is 0 Å². The Morgan fingerprint density at radius 2 is 0.585 bits per heavy atom. The number of rotatable bonds is 5. The molecular formula is C100H54N4O2. The summed E-state index contributed by atoms with van der Waals surface area (Å²) in [6.07, 6.45) is 0. The fraction of sp³-hybridized carbons (Fsp3) is 0. The number of para-hydroxylation sites is 4. The normalized spacial score (nSPS) is 12.7. The third-order valence-corrected chi connectivity index (χ3v) is 24.1. The van der Waals surface area contributed by atoms with Crippen LogP contribution in [0.15, 0.2) is 336 Å². The van der Waals surface area contributed by atoms with Crippen molar-refractivity contribution >= 4 is 174 Å². The van der Waals surface area contributed by atoms with Crippen LogP contribution in [0, 0.1) is 0 Å². The van der Waals surface area contributed by atoms with E-state index in [1.54, 1.807) is 0 Å². The van der Waals surface area contributed by atoms with Crippen molar-refractivity contribution in [2.75, 3.05) is 0 Å². The number of hydrogen-bond donors (Lipinski definition) is 0. The van der Waals surface area contributed by atoms with Gasteiger partial charge in [-0.1, -0.05) is 194 Å². The predicted molar refractivity (Wildman–Crippen MR) is 443 cm³/mol. The van der Waals surface area contributed by atoms with Crippen molar-refractivity contribution < 1.29 is 8.83 Å². The fourth-order valence-electron chi connectivity index (χ4n) is 19.8. The van der Waals surface area contributed by atoms with Gasteiger partial charge in [0.05, 0.1) is 54.9 Å². The van der Waals surface area contributed by atoms with Gasteiger partial charge in [0.2, 0.25) is 0 Å². The molecule has 0 spiro atoms. The molecule has 0 atom stereocenters. The van der Waals surface area contributed by atoms with Gasteiger partial charge in [0.1, 0.15) is 22.3 Å². The molecule has 0 fully saturated rings. The average molecular weight is 1340 g/mol. The van der Waals surface area contributed by atoms with E-state index in [4.69, 9.17) is 8.83 Å². The summed E-state index contributed by atoms with van der Waals surface area (Å²) in [5.74, 6) is 0. The number of furan rings is 2. The van der Waals surface area contributed by atoms with Crippen LogP contribution in [0.5, 0.6) is 0 Å². The third-order valence-electron chi connectivity index (χ3n) is 24.1. The summed E-state index contributed by atoms with van der Waals surface area (Å²) in [6.45, 7) is 0. The lowest BCUT2D eigenvalue weighted by atomic mass is 9.91. The molecule has 6 aromatic heterocycles. The third kappa shape index (κ3) is 7.06. The Kier molecular flexibility index (Phi) is 10.4. The number of aromatic nitrogens is 4. The first-order chi connectivity index (χ1) is 52.6. The SMILES string of the molecule is c1ccc2cc(-n3c4ccccc4c4c3ccc3c5c6oc7ccccc7c6ccc5n(-c5ccc6c(c5)-c5cc(-c7ccc8c9c(cccc79)-c7cc(-n9c%10ccccc%10c%10c9ccc9c%11c%12oc%13ccccc%13c%12ccc%11n(-c%11ccc%12ccccc%12c%11)c9%10)ccc7-8)cc7cccc-6c57)c34)ccc2c1. The number of nitrogens with zero attached hydrogens (tertiary/aromatic N) is 4. The topological polar surface area (TPSA) is 46.0 Å². The number of fused-ring (bicyclic) bond motifs is 30.